The van der Waals surface area contributed by atoms with Crippen molar-refractivity contribution in [1.29, 1.82) is 0 Å². The van der Waals surface area contributed by atoms with Gasteiger partial charge in [-0.15, -0.1) is 0 Å². The van der Waals surface area contributed by atoms with Crippen molar-refractivity contribution in [3.05, 3.63) is 43.0 Å². The molecule has 1 heterocycles. The van der Waals surface area contributed by atoms with Crippen LogP contribution in [0.3, 0.4) is 0 Å². The van der Waals surface area contributed by atoms with Gasteiger partial charge in [-0.05, 0) is 13.9 Å². The summed E-state index contributed by atoms with van der Waals surface area (Å²) >= 11 is 0. The first kappa shape index (κ1) is 8.27. The summed E-state index contributed by atoms with van der Waals surface area (Å²) < 4.78 is 0. The maximum atomic E-state index is 4.03. The minimum absolute atomic E-state index is 0.483. The number of aromatic nitrogens is 3. The molecule has 0 bridgehead atoms. The highest BCUT2D eigenvalue weighted by Gasteiger charge is 1.96. The van der Waals surface area contributed by atoms with Crippen LogP contribution in [0.5, 0.6) is 0 Å². The molecule has 0 saturated heterocycles. The Kier molecular flexibility index (Phi) is 2.58. The predicted octanol–water partition coefficient (Wildman–Crippen LogP) is 0.301. The molecule has 1 aromatic heterocycles. The van der Waals surface area contributed by atoms with E-state index in [1.54, 1.807) is 0 Å². The van der Waals surface area contributed by atoms with Crippen molar-refractivity contribution in [2.24, 2.45) is 0 Å². The molecule has 3 nitrogen and oxygen atoms in total. The van der Waals surface area contributed by atoms with E-state index in [0.29, 0.717) is 8.58 Å². The summed E-state index contributed by atoms with van der Waals surface area (Å²) in [5, 5.41) is 1.22. The minimum atomic E-state index is 0.483. The van der Waals surface area contributed by atoms with Crippen LogP contribution in [0.2, 0.25) is 0 Å². The maximum absolute atomic E-state index is 4.03. The fourth-order valence-electron chi connectivity index (χ4n) is 0.925. The highest BCUT2D eigenvalue weighted by atomic mass is 31.1. The van der Waals surface area contributed by atoms with Crippen LogP contribution in [-0.2, 0) is 0 Å². The van der Waals surface area contributed by atoms with Crippen LogP contribution in [0.4, 0.5) is 0 Å². The van der Waals surface area contributed by atoms with Crippen molar-refractivity contribution in [2.75, 3.05) is 0 Å². The smallest absolute Gasteiger partial charge is 0.201 e. The van der Waals surface area contributed by atoms with Gasteiger partial charge in [0.2, 0.25) is 6.33 Å². The van der Waals surface area contributed by atoms with Crippen LogP contribution in [-0.4, -0.2) is 15.0 Å². The Bertz CT molecular complexity index is 326. The Hall–Kier alpha value is -1.34. The zero-order chi connectivity index (χ0) is 8.93. The molecule has 1 atom stereocenters. The third kappa shape index (κ3) is 2.30. The van der Waals surface area contributed by atoms with E-state index in [0.717, 1.165) is 5.57 Å². The van der Waals surface area contributed by atoms with Crippen molar-refractivity contribution < 1.29 is 0 Å². The Labute approximate surface area is 78.1 Å². The van der Waals surface area contributed by atoms with Gasteiger partial charge >= 0.3 is 0 Å². The summed E-state index contributed by atoms with van der Waals surface area (Å²) in [6.45, 7) is 0. The molecule has 0 aliphatic carbocycles. The quantitative estimate of drug-likeness (QED) is 0.636. The van der Waals surface area contributed by atoms with Gasteiger partial charge in [-0.3, -0.25) is 0 Å². The number of hydrogen-bond acceptors (Lipinski definition) is 3. The van der Waals surface area contributed by atoms with Gasteiger partial charge < -0.3 is 0 Å². The average Bonchev–Trinajstić information content (AvgIpc) is 2.21. The molecule has 0 aliphatic heterocycles. The van der Waals surface area contributed by atoms with Crippen LogP contribution in [0, 0.1) is 6.33 Å². The summed E-state index contributed by atoms with van der Waals surface area (Å²) in [5.74, 6) is 0. The monoisotopic (exact) mass is 188 g/mol. The normalized spacial score (nSPS) is 10.8. The number of benzene rings is 1. The summed E-state index contributed by atoms with van der Waals surface area (Å²) in [5.41, 5.74) is 0.779. The van der Waals surface area contributed by atoms with Crippen LogP contribution in [0.15, 0.2) is 36.7 Å². The molecule has 0 saturated carbocycles. The number of rotatable bonds is 2. The lowest BCUT2D eigenvalue weighted by molar-refractivity contribution is 1.08. The molecule has 1 unspecified atom stereocenters. The van der Waals surface area contributed by atoms with Gasteiger partial charge in [0.1, 0.15) is 6.33 Å². The third-order valence-electron chi connectivity index (χ3n) is 1.48. The van der Waals surface area contributed by atoms with E-state index in [-0.39, 0.29) is 0 Å². The zero-order valence-corrected chi connectivity index (χ0v) is 7.81. The summed E-state index contributed by atoms with van der Waals surface area (Å²) in [7, 11) is 0.483. The van der Waals surface area contributed by atoms with Crippen LogP contribution < -0.4 is 10.9 Å². The van der Waals surface area contributed by atoms with E-state index in [4.69, 9.17) is 0 Å². The molecule has 0 aliphatic rings. The van der Waals surface area contributed by atoms with Gasteiger partial charge in [0.15, 0.2) is 5.57 Å². The van der Waals surface area contributed by atoms with E-state index < -0.39 is 0 Å². The summed E-state index contributed by atoms with van der Waals surface area (Å²) in [6, 6.07) is 10.1. The molecule has 13 heavy (non-hydrogen) atoms. The van der Waals surface area contributed by atoms with E-state index >= 15 is 0 Å². The Morgan fingerprint density at radius 1 is 1.15 bits per heavy atom. The van der Waals surface area contributed by atoms with Crippen molar-refractivity contribution in [2.45, 2.75) is 0 Å². The molecule has 4 heteroatoms. The van der Waals surface area contributed by atoms with Gasteiger partial charge in [0.25, 0.3) is 0 Å². The Morgan fingerprint density at radius 3 is 2.69 bits per heavy atom. The third-order valence-corrected chi connectivity index (χ3v) is 2.57. The molecule has 0 N–H and O–H groups in total. The van der Waals surface area contributed by atoms with Crippen LogP contribution >= 0.6 is 8.58 Å². The first-order chi connectivity index (χ1) is 6.45. The molecule has 2 aromatic rings. The van der Waals surface area contributed by atoms with E-state index in [1.807, 2.05) is 18.2 Å². The average molecular weight is 188 g/mol. The van der Waals surface area contributed by atoms with Gasteiger partial charge in [-0.25, -0.2) is 15.0 Å². The van der Waals surface area contributed by atoms with Crippen molar-refractivity contribution in [3.63, 3.8) is 0 Å². The fraction of sp³-hybridized carbons (Fsp3) is 0. The lowest BCUT2D eigenvalue weighted by atomic mass is 10.4. The molecule has 0 fully saturated rings. The van der Waals surface area contributed by atoms with E-state index in [1.165, 1.54) is 11.6 Å². The molecular weight excluding hydrogens is 181 g/mol. The fourth-order valence-corrected chi connectivity index (χ4v) is 1.77. The van der Waals surface area contributed by atoms with Gasteiger partial charge in [-0.1, -0.05) is 30.3 Å². The van der Waals surface area contributed by atoms with Gasteiger partial charge in [0, 0.05) is 0 Å². The van der Waals surface area contributed by atoms with Gasteiger partial charge in [0.05, 0.1) is 0 Å². The number of nitrogens with zero attached hydrogens (tertiary/aromatic N) is 3. The lowest BCUT2D eigenvalue weighted by Crippen LogP contribution is -2.10. The first-order valence-electron chi connectivity index (χ1n) is 3.82. The Morgan fingerprint density at radius 2 is 2.00 bits per heavy atom. The topological polar surface area (TPSA) is 38.7 Å². The molecule has 1 aromatic carbocycles. The maximum Gasteiger partial charge on any atom is 0.201 e. The Balaban J connectivity index is 2.16. The predicted molar refractivity (Wildman–Crippen MR) is 52.7 cm³/mol. The second-order valence-electron chi connectivity index (χ2n) is 2.40. The standard InChI is InChI=1S/C9H7N3P/c1-2-4-8(5-3-1)13-9-11-6-10-7-12-9/h1-6,13H. The second-order valence-corrected chi connectivity index (χ2v) is 3.67. The van der Waals surface area contributed by atoms with Gasteiger partial charge in [-0.2, -0.15) is 0 Å². The number of hydrogen-bond donors (Lipinski definition) is 0. The summed E-state index contributed by atoms with van der Waals surface area (Å²) in [6.07, 6.45) is 4.00. The van der Waals surface area contributed by atoms with Crippen molar-refractivity contribution >= 4 is 19.5 Å². The molecule has 0 amide bonds. The second kappa shape index (κ2) is 4.06. The SMILES string of the molecule is [c]1ncnc(Pc2ccccc2)n1. The lowest BCUT2D eigenvalue weighted by Gasteiger charge is -1.97. The largest absolute Gasteiger partial charge is 0.217 e. The van der Waals surface area contributed by atoms with E-state index in [9.17, 15) is 0 Å². The molecule has 1 radical (unpaired) electrons. The molecular formula is C9H7N3P. The molecule has 2 rings (SSSR count). The van der Waals surface area contributed by atoms with E-state index in [2.05, 4.69) is 33.4 Å². The first-order valence-corrected chi connectivity index (χ1v) is 4.82. The molecule has 63 valence electrons. The molecule has 0 spiro atoms. The van der Waals surface area contributed by atoms with Crippen LogP contribution in [0.25, 0.3) is 0 Å². The highest BCUT2D eigenvalue weighted by molar-refractivity contribution is 7.54. The minimum Gasteiger partial charge on any atom is -0.217 e. The zero-order valence-electron chi connectivity index (χ0n) is 6.81. The van der Waals surface area contributed by atoms with Crippen LogP contribution in [0.1, 0.15) is 0 Å². The van der Waals surface area contributed by atoms with Crippen molar-refractivity contribution in [1.82, 2.24) is 15.0 Å². The van der Waals surface area contributed by atoms with Crippen molar-refractivity contribution in [3.8, 4) is 0 Å². The summed E-state index contributed by atoms with van der Waals surface area (Å²) in [4.78, 5) is 11.6. The highest BCUT2D eigenvalue weighted by Crippen LogP contribution is 2.04.